The number of methoxy groups -OCH3 is 2. The largest absolute Gasteiger partial charge is 0.497 e. The van der Waals surface area contributed by atoms with E-state index in [1.54, 1.807) is 18.8 Å². The highest BCUT2D eigenvalue weighted by molar-refractivity contribution is 6.11. The Hall–Kier alpha value is -3.65. The van der Waals surface area contributed by atoms with Gasteiger partial charge in [0, 0.05) is 19.3 Å². The second-order valence-electron chi connectivity index (χ2n) is 6.43. The molecular weight excluding hydrogens is 370 g/mol. The predicted octanol–water partition coefficient (Wildman–Crippen LogP) is 2.54. The molecule has 0 aliphatic carbocycles. The molecule has 4 aromatic rings. The van der Waals surface area contributed by atoms with Crippen LogP contribution in [0.25, 0.3) is 27.9 Å². The Balaban J connectivity index is 1.94. The monoisotopic (exact) mass is 391 g/mol. The minimum Gasteiger partial charge on any atom is -0.497 e. The lowest BCUT2D eigenvalue weighted by molar-refractivity contribution is 0.0939. The summed E-state index contributed by atoms with van der Waals surface area (Å²) in [5, 5.41) is 2.82. The lowest BCUT2D eigenvalue weighted by Gasteiger charge is -2.09. The number of nitrogens with two attached hydrogens (primary N) is 1. The summed E-state index contributed by atoms with van der Waals surface area (Å²) in [6, 6.07) is 14.9. The van der Waals surface area contributed by atoms with Crippen molar-refractivity contribution in [1.29, 1.82) is 0 Å². The molecule has 3 N–H and O–H groups in total. The molecule has 0 unspecified atom stereocenters. The number of carbonyl (C=O) groups is 1. The number of carbonyl (C=O) groups excluding carboxylic acids is 1. The standard InChI is InChI=1S/C21H21N5O3/c1-28-12-11-23-21(27)17-18-20(25-16-6-4-3-5-15(16)24-18)26(19(17)22)13-7-9-14(29-2)10-8-13/h3-10H,11-12,22H2,1-2H3,(H,23,27). The number of nitrogens with one attached hydrogen (secondary N) is 1. The van der Waals surface area contributed by atoms with Gasteiger partial charge in [-0.2, -0.15) is 0 Å². The fraction of sp³-hybridized carbons (Fsp3) is 0.190. The molecule has 0 aliphatic heterocycles. The highest BCUT2D eigenvalue weighted by Crippen LogP contribution is 2.31. The first kappa shape index (κ1) is 18.7. The zero-order chi connectivity index (χ0) is 20.4. The SMILES string of the molecule is COCCNC(=O)c1c(N)n(-c2ccc(OC)cc2)c2nc3ccccc3nc12. The lowest BCUT2D eigenvalue weighted by Crippen LogP contribution is -2.27. The Morgan fingerprint density at radius 2 is 1.76 bits per heavy atom. The van der Waals surface area contributed by atoms with Crippen molar-refractivity contribution in [2.45, 2.75) is 0 Å². The van der Waals surface area contributed by atoms with Gasteiger partial charge in [-0.25, -0.2) is 9.97 Å². The van der Waals surface area contributed by atoms with Gasteiger partial charge in [0.2, 0.25) is 0 Å². The van der Waals surface area contributed by atoms with Crippen LogP contribution in [0.2, 0.25) is 0 Å². The molecule has 0 saturated carbocycles. The maximum atomic E-state index is 12.9. The average Bonchev–Trinajstić information content (AvgIpc) is 3.03. The third-order valence-corrected chi connectivity index (χ3v) is 4.65. The number of nitrogen functional groups attached to an aromatic ring is 1. The number of ether oxygens (including phenoxy) is 2. The second kappa shape index (κ2) is 7.76. The van der Waals surface area contributed by atoms with E-state index in [9.17, 15) is 4.79 Å². The Labute approximate surface area is 167 Å². The lowest BCUT2D eigenvalue weighted by atomic mass is 10.2. The Kier molecular flexibility index (Phi) is 5.01. The predicted molar refractivity (Wildman–Crippen MR) is 112 cm³/mol. The van der Waals surface area contributed by atoms with Crippen molar-refractivity contribution in [3.63, 3.8) is 0 Å². The van der Waals surface area contributed by atoms with Crippen LogP contribution < -0.4 is 15.8 Å². The summed E-state index contributed by atoms with van der Waals surface area (Å²) in [5.41, 5.74) is 9.88. The first-order valence-corrected chi connectivity index (χ1v) is 9.12. The zero-order valence-corrected chi connectivity index (χ0v) is 16.2. The molecule has 0 fully saturated rings. The van der Waals surface area contributed by atoms with Gasteiger partial charge < -0.3 is 20.5 Å². The van der Waals surface area contributed by atoms with Crippen LogP contribution in [-0.4, -0.2) is 47.8 Å². The van der Waals surface area contributed by atoms with Gasteiger partial charge in [-0.05, 0) is 36.4 Å². The van der Waals surface area contributed by atoms with Crippen LogP contribution in [0.1, 0.15) is 10.4 Å². The molecule has 29 heavy (non-hydrogen) atoms. The molecule has 4 rings (SSSR count). The number of anilines is 1. The van der Waals surface area contributed by atoms with Crippen LogP contribution in [0.4, 0.5) is 5.82 Å². The van der Waals surface area contributed by atoms with E-state index in [1.807, 2.05) is 48.5 Å². The van der Waals surface area contributed by atoms with Crippen LogP contribution in [0.3, 0.4) is 0 Å². The molecule has 2 aromatic heterocycles. The number of fused-ring (bicyclic) bond motifs is 2. The number of benzene rings is 2. The molecule has 1 amide bonds. The normalized spacial score (nSPS) is 11.1. The van der Waals surface area contributed by atoms with E-state index in [-0.39, 0.29) is 11.7 Å². The average molecular weight is 391 g/mol. The molecule has 8 heteroatoms. The summed E-state index contributed by atoms with van der Waals surface area (Å²) < 4.78 is 12.0. The second-order valence-corrected chi connectivity index (χ2v) is 6.43. The van der Waals surface area contributed by atoms with E-state index >= 15 is 0 Å². The third kappa shape index (κ3) is 3.34. The van der Waals surface area contributed by atoms with Crippen molar-refractivity contribution in [3.05, 3.63) is 54.1 Å². The number of hydrogen-bond donors (Lipinski definition) is 2. The fourth-order valence-electron chi connectivity index (χ4n) is 3.23. The van der Waals surface area contributed by atoms with Crippen molar-refractivity contribution >= 4 is 33.9 Å². The third-order valence-electron chi connectivity index (χ3n) is 4.65. The van der Waals surface area contributed by atoms with Crippen LogP contribution >= 0.6 is 0 Å². The first-order valence-electron chi connectivity index (χ1n) is 9.12. The highest BCUT2D eigenvalue weighted by Gasteiger charge is 2.24. The van der Waals surface area contributed by atoms with E-state index in [4.69, 9.17) is 20.2 Å². The molecule has 0 spiro atoms. The summed E-state index contributed by atoms with van der Waals surface area (Å²) in [7, 11) is 3.18. The van der Waals surface area contributed by atoms with Crippen LogP contribution in [0.5, 0.6) is 5.75 Å². The van der Waals surface area contributed by atoms with Crippen molar-refractivity contribution in [2.24, 2.45) is 0 Å². The van der Waals surface area contributed by atoms with Gasteiger partial charge >= 0.3 is 0 Å². The van der Waals surface area contributed by atoms with Crippen molar-refractivity contribution in [1.82, 2.24) is 19.9 Å². The van der Waals surface area contributed by atoms with Crippen LogP contribution in [-0.2, 0) is 4.74 Å². The number of amides is 1. The van der Waals surface area contributed by atoms with E-state index in [1.165, 1.54) is 0 Å². The van der Waals surface area contributed by atoms with Crippen LogP contribution in [0, 0.1) is 0 Å². The van der Waals surface area contributed by atoms with E-state index in [0.29, 0.717) is 35.4 Å². The first-order chi connectivity index (χ1) is 14.1. The minimum absolute atomic E-state index is 0.274. The maximum Gasteiger partial charge on any atom is 0.257 e. The smallest absolute Gasteiger partial charge is 0.257 e. The van der Waals surface area contributed by atoms with Gasteiger partial charge in [-0.1, -0.05) is 12.1 Å². The summed E-state index contributed by atoms with van der Waals surface area (Å²) in [6.45, 7) is 0.766. The summed E-state index contributed by atoms with van der Waals surface area (Å²) in [4.78, 5) is 22.3. The summed E-state index contributed by atoms with van der Waals surface area (Å²) >= 11 is 0. The highest BCUT2D eigenvalue weighted by atomic mass is 16.5. The van der Waals surface area contributed by atoms with Crippen LogP contribution in [0.15, 0.2) is 48.5 Å². The Morgan fingerprint density at radius 1 is 1.07 bits per heavy atom. The summed E-state index contributed by atoms with van der Waals surface area (Å²) in [5.74, 6) is 0.676. The molecule has 0 radical (unpaired) electrons. The molecule has 2 aromatic carbocycles. The van der Waals surface area contributed by atoms with Gasteiger partial charge in [0.25, 0.3) is 5.91 Å². The number of hydrogen-bond acceptors (Lipinski definition) is 6. The molecule has 0 bridgehead atoms. The Morgan fingerprint density at radius 3 is 2.41 bits per heavy atom. The van der Waals surface area contributed by atoms with Gasteiger partial charge in [0.1, 0.15) is 22.6 Å². The summed E-state index contributed by atoms with van der Waals surface area (Å²) in [6.07, 6.45) is 0. The fourth-order valence-corrected chi connectivity index (χ4v) is 3.23. The number of nitrogens with zero attached hydrogens (tertiary/aromatic N) is 3. The van der Waals surface area contributed by atoms with E-state index in [2.05, 4.69) is 10.3 Å². The molecule has 2 heterocycles. The molecule has 0 saturated heterocycles. The number of rotatable bonds is 6. The minimum atomic E-state index is -0.318. The van der Waals surface area contributed by atoms with Gasteiger partial charge in [-0.3, -0.25) is 9.36 Å². The van der Waals surface area contributed by atoms with E-state index < -0.39 is 0 Å². The topological polar surface area (TPSA) is 104 Å². The quantitative estimate of drug-likeness (QED) is 0.490. The van der Waals surface area contributed by atoms with Crippen molar-refractivity contribution < 1.29 is 14.3 Å². The number of para-hydroxylation sites is 2. The molecule has 0 atom stereocenters. The van der Waals surface area contributed by atoms with Gasteiger partial charge in [-0.15, -0.1) is 0 Å². The van der Waals surface area contributed by atoms with Gasteiger partial charge in [0.05, 0.1) is 24.8 Å². The maximum absolute atomic E-state index is 12.9. The molecule has 148 valence electrons. The van der Waals surface area contributed by atoms with Crippen molar-refractivity contribution in [2.75, 3.05) is 33.1 Å². The molecule has 0 aliphatic rings. The Bertz CT molecular complexity index is 1180. The molecule has 8 nitrogen and oxygen atoms in total. The van der Waals surface area contributed by atoms with Gasteiger partial charge in [0.15, 0.2) is 5.65 Å². The molecular formula is C21H21N5O3. The number of aromatic nitrogens is 3. The zero-order valence-electron chi connectivity index (χ0n) is 16.2. The van der Waals surface area contributed by atoms with E-state index in [0.717, 1.165) is 17.0 Å². The van der Waals surface area contributed by atoms with Crippen molar-refractivity contribution in [3.8, 4) is 11.4 Å².